The highest BCUT2D eigenvalue weighted by molar-refractivity contribution is 5.95. The molecule has 0 aliphatic rings. The van der Waals surface area contributed by atoms with Gasteiger partial charge in [0.1, 0.15) is 5.69 Å². The summed E-state index contributed by atoms with van der Waals surface area (Å²) in [6.45, 7) is 1.15. The van der Waals surface area contributed by atoms with E-state index in [1.54, 1.807) is 24.1 Å². The Labute approximate surface area is 97.4 Å². The van der Waals surface area contributed by atoms with Crippen molar-refractivity contribution in [3.63, 3.8) is 0 Å². The van der Waals surface area contributed by atoms with E-state index in [-0.39, 0.29) is 12.2 Å². The molecule has 0 amide bonds. The standard InChI is InChI=1S/C9H13N7O/c1-15-13-9(12-14-15)4-8(17)7-5-16(3-2-10)6-11-7/h5-6H,2-4,10H2,1H3. The maximum Gasteiger partial charge on any atom is 0.190 e. The monoisotopic (exact) mass is 235 g/mol. The van der Waals surface area contributed by atoms with Crippen molar-refractivity contribution in [3.05, 3.63) is 24.0 Å². The Hall–Kier alpha value is -2.09. The molecule has 0 radical (unpaired) electrons. The fraction of sp³-hybridized carbons (Fsp3) is 0.444. The Kier molecular flexibility index (Phi) is 3.24. The normalized spacial score (nSPS) is 10.7. The van der Waals surface area contributed by atoms with Gasteiger partial charge < -0.3 is 10.3 Å². The molecule has 8 heteroatoms. The Balaban J connectivity index is 2.03. The van der Waals surface area contributed by atoms with Crippen molar-refractivity contribution in [1.29, 1.82) is 0 Å². The molecule has 0 aliphatic heterocycles. The third-order valence-electron chi connectivity index (χ3n) is 2.17. The molecule has 0 saturated heterocycles. The van der Waals surface area contributed by atoms with E-state index in [0.717, 1.165) is 0 Å². The van der Waals surface area contributed by atoms with Crippen LogP contribution in [0.4, 0.5) is 0 Å². The Bertz CT molecular complexity index is 515. The highest BCUT2D eigenvalue weighted by atomic mass is 16.1. The molecule has 0 aromatic carbocycles. The highest BCUT2D eigenvalue weighted by Gasteiger charge is 2.13. The van der Waals surface area contributed by atoms with Crippen LogP contribution in [-0.2, 0) is 20.0 Å². The SMILES string of the molecule is Cn1nnc(CC(=O)c2cn(CCN)cn2)n1. The molecule has 0 bridgehead atoms. The van der Waals surface area contributed by atoms with E-state index >= 15 is 0 Å². The van der Waals surface area contributed by atoms with Gasteiger partial charge in [-0.3, -0.25) is 4.79 Å². The molecule has 8 nitrogen and oxygen atoms in total. The first-order valence-electron chi connectivity index (χ1n) is 5.17. The number of nitrogens with two attached hydrogens (primary N) is 1. The molecule has 0 atom stereocenters. The van der Waals surface area contributed by atoms with Crippen LogP contribution in [0.2, 0.25) is 0 Å². The van der Waals surface area contributed by atoms with Gasteiger partial charge in [-0.15, -0.1) is 10.2 Å². The largest absolute Gasteiger partial charge is 0.335 e. The van der Waals surface area contributed by atoms with Crippen LogP contribution in [0.5, 0.6) is 0 Å². The van der Waals surface area contributed by atoms with Gasteiger partial charge in [0.2, 0.25) is 0 Å². The second kappa shape index (κ2) is 4.83. The Morgan fingerprint density at radius 1 is 1.53 bits per heavy atom. The van der Waals surface area contributed by atoms with E-state index in [4.69, 9.17) is 5.73 Å². The Morgan fingerprint density at radius 2 is 2.35 bits per heavy atom. The molecule has 90 valence electrons. The number of nitrogens with zero attached hydrogens (tertiary/aromatic N) is 6. The van der Waals surface area contributed by atoms with Crippen molar-refractivity contribution in [2.75, 3.05) is 6.54 Å². The summed E-state index contributed by atoms with van der Waals surface area (Å²) in [5.41, 5.74) is 5.80. The van der Waals surface area contributed by atoms with Gasteiger partial charge in [-0.25, -0.2) is 4.98 Å². The van der Waals surface area contributed by atoms with Crippen LogP contribution in [0.15, 0.2) is 12.5 Å². The number of imidazole rings is 1. The number of hydrogen-bond donors (Lipinski definition) is 1. The lowest BCUT2D eigenvalue weighted by Crippen LogP contribution is -2.09. The molecule has 0 saturated carbocycles. The Morgan fingerprint density at radius 3 is 3.00 bits per heavy atom. The maximum atomic E-state index is 11.8. The smallest absolute Gasteiger partial charge is 0.190 e. The molecule has 0 fully saturated rings. The summed E-state index contributed by atoms with van der Waals surface area (Å²) in [4.78, 5) is 17.1. The predicted octanol–water partition coefficient (Wildman–Crippen LogP) is -1.21. The first kappa shape index (κ1) is 11.4. The fourth-order valence-electron chi connectivity index (χ4n) is 1.40. The fourth-order valence-corrected chi connectivity index (χ4v) is 1.40. The number of aryl methyl sites for hydroxylation is 1. The first-order chi connectivity index (χ1) is 8.19. The maximum absolute atomic E-state index is 11.8. The van der Waals surface area contributed by atoms with Crippen molar-refractivity contribution < 1.29 is 4.79 Å². The summed E-state index contributed by atoms with van der Waals surface area (Å²) in [6, 6.07) is 0. The number of carbonyl (C=O) groups is 1. The van der Waals surface area contributed by atoms with Gasteiger partial charge in [0.15, 0.2) is 11.6 Å². The molecule has 2 rings (SSSR count). The molecule has 2 aromatic rings. The van der Waals surface area contributed by atoms with E-state index in [1.807, 2.05) is 0 Å². The zero-order valence-electron chi connectivity index (χ0n) is 9.44. The average Bonchev–Trinajstić information content (AvgIpc) is 2.88. The zero-order valence-corrected chi connectivity index (χ0v) is 9.44. The number of Topliss-reactive ketones (excluding diaryl/α,β-unsaturated/α-hetero) is 1. The van der Waals surface area contributed by atoms with Gasteiger partial charge in [0.05, 0.1) is 19.8 Å². The van der Waals surface area contributed by atoms with Crippen molar-refractivity contribution in [2.45, 2.75) is 13.0 Å². The minimum atomic E-state index is -0.131. The number of ketones is 1. The molecule has 0 spiro atoms. The average molecular weight is 235 g/mol. The summed E-state index contributed by atoms with van der Waals surface area (Å²) < 4.78 is 1.78. The van der Waals surface area contributed by atoms with Gasteiger partial charge in [-0.1, -0.05) is 0 Å². The number of aromatic nitrogens is 6. The third kappa shape index (κ3) is 2.72. The summed E-state index contributed by atoms with van der Waals surface area (Å²) in [6.07, 6.45) is 3.36. The molecule has 2 N–H and O–H groups in total. The van der Waals surface area contributed by atoms with Crippen molar-refractivity contribution in [3.8, 4) is 0 Å². The summed E-state index contributed by atoms with van der Waals surface area (Å²) in [7, 11) is 1.65. The molecule has 17 heavy (non-hydrogen) atoms. The van der Waals surface area contributed by atoms with E-state index < -0.39 is 0 Å². The molecular formula is C9H13N7O. The van der Waals surface area contributed by atoms with Crippen molar-refractivity contribution >= 4 is 5.78 Å². The van der Waals surface area contributed by atoms with Crippen LogP contribution in [-0.4, -0.2) is 42.1 Å². The number of tetrazole rings is 1. The molecule has 2 heterocycles. The van der Waals surface area contributed by atoms with Crippen LogP contribution >= 0.6 is 0 Å². The molecular weight excluding hydrogens is 222 g/mol. The van der Waals surface area contributed by atoms with Crippen molar-refractivity contribution in [2.24, 2.45) is 12.8 Å². The quantitative estimate of drug-likeness (QED) is 0.652. The lowest BCUT2D eigenvalue weighted by Gasteiger charge is -1.95. The lowest BCUT2D eigenvalue weighted by atomic mass is 10.2. The van der Waals surface area contributed by atoms with Crippen molar-refractivity contribution in [1.82, 2.24) is 29.8 Å². The predicted molar refractivity (Wildman–Crippen MR) is 58.1 cm³/mol. The first-order valence-corrected chi connectivity index (χ1v) is 5.17. The summed E-state index contributed by atoms with van der Waals surface area (Å²) in [5.74, 6) is 0.264. The van der Waals surface area contributed by atoms with E-state index in [1.165, 1.54) is 4.80 Å². The minimum absolute atomic E-state index is 0.105. The van der Waals surface area contributed by atoms with E-state index in [2.05, 4.69) is 20.4 Å². The summed E-state index contributed by atoms with van der Waals surface area (Å²) in [5, 5.41) is 11.3. The van der Waals surface area contributed by atoms with E-state index in [0.29, 0.717) is 24.6 Å². The zero-order chi connectivity index (χ0) is 12.3. The van der Waals surface area contributed by atoms with Gasteiger partial charge in [-0.2, -0.15) is 4.80 Å². The van der Waals surface area contributed by atoms with Gasteiger partial charge in [0, 0.05) is 19.3 Å². The highest BCUT2D eigenvalue weighted by Crippen LogP contribution is 2.01. The van der Waals surface area contributed by atoms with Gasteiger partial charge in [-0.05, 0) is 5.21 Å². The summed E-state index contributed by atoms with van der Waals surface area (Å²) >= 11 is 0. The number of hydrogen-bond acceptors (Lipinski definition) is 6. The number of rotatable bonds is 5. The van der Waals surface area contributed by atoms with Gasteiger partial charge in [0.25, 0.3) is 0 Å². The van der Waals surface area contributed by atoms with Crippen LogP contribution in [0.1, 0.15) is 16.3 Å². The van der Waals surface area contributed by atoms with Gasteiger partial charge >= 0.3 is 0 Å². The third-order valence-corrected chi connectivity index (χ3v) is 2.17. The van der Waals surface area contributed by atoms with E-state index in [9.17, 15) is 4.79 Å². The second-order valence-electron chi connectivity index (χ2n) is 3.58. The van der Waals surface area contributed by atoms with Crippen LogP contribution in [0.25, 0.3) is 0 Å². The lowest BCUT2D eigenvalue weighted by molar-refractivity contribution is 0.0986. The van der Waals surface area contributed by atoms with Crippen LogP contribution in [0, 0.1) is 0 Å². The molecule has 0 unspecified atom stereocenters. The molecule has 0 aliphatic carbocycles. The molecule has 2 aromatic heterocycles. The number of carbonyl (C=O) groups excluding carboxylic acids is 1. The topological polar surface area (TPSA) is 105 Å². The minimum Gasteiger partial charge on any atom is -0.335 e. The van der Waals surface area contributed by atoms with Crippen LogP contribution in [0.3, 0.4) is 0 Å². The second-order valence-corrected chi connectivity index (χ2v) is 3.58. The van der Waals surface area contributed by atoms with Crippen LogP contribution < -0.4 is 5.73 Å².